The summed E-state index contributed by atoms with van der Waals surface area (Å²) in [6, 6.07) is 10.7. The highest BCUT2D eigenvalue weighted by atomic mass is 16.1. The van der Waals surface area contributed by atoms with Crippen LogP contribution in [0.4, 0.5) is 0 Å². The van der Waals surface area contributed by atoms with E-state index in [1.165, 1.54) is 0 Å². The molecule has 2 aromatic rings. The molecule has 1 aliphatic carbocycles. The van der Waals surface area contributed by atoms with Crippen molar-refractivity contribution in [3.8, 4) is 11.3 Å². The lowest BCUT2D eigenvalue weighted by molar-refractivity contribution is -0.119. The summed E-state index contributed by atoms with van der Waals surface area (Å²) in [5.41, 5.74) is 5.80. The summed E-state index contributed by atoms with van der Waals surface area (Å²) >= 11 is 0. The molecule has 3 aliphatic rings. The minimum atomic E-state index is -0.520. The number of hydrogen-bond donors (Lipinski definition) is 1. The predicted molar refractivity (Wildman–Crippen MR) is 125 cm³/mol. The number of aryl methyl sites for hydroxylation is 1. The van der Waals surface area contributed by atoms with Gasteiger partial charge in [-0.1, -0.05) is 45.9 Å². The smallest absolute Gasteiger partial charge is 0.164 e. The molecule has 3 heterocycles. The van der Waals surface area contributed by atoms with Gasteiger partial charge in [0.05, 0.1) is 17.3 Å². The van der Waals surface area contributed by atoms with E-state index in [9.17, 15) is 4.79 Å². The van der Waals surface area contributed by atoms with Crippen LogP contribution in [0.25, 0.3) is 11.3 Å². The number of nitrogens with one attached hydrogen (secondary N) is 1. The Morgan fingerprint density at radius 3 is 2.81 bits per heavy atom. The second-order valence-electron chi connectivity index (χ2n) is 9.94. The van der Waals surface area contributed by atoms with Gasteiger partial charge in [-0.25, -0.2) is 0 Å². The van der Waals surface area contributed by atoms with Crippen LogP contribution in [-0.2, 0) is 16.8 Å². The number of carbonyl (C=O) groups is 1. The van der Waals surface area contributed by atoms with Gasteiger partial charge in [0, 0.05) is 41.6 Å². The zero-order valence-corrected chi connectivity index (χ0v) is 19.4. The average Bonchev–Trinajstić information content (AvgIpc) is 3.41. The predicted octanol–water partition coefficient (Wildman–Crippen LogP) is 5.53. The van der Waals surface area contributed by atoms with Crippen molar-refractivity contribution in [3.63, 3.8) is 0 Å². The summed E-state index contributed by atoms with van der Waals surface area (Å²) in [6.45, 7) is 9.55. The van der Waals surface area contributed by atoms with E-state index in [2.05, 4.69) is 83.4 Å². The molecule has 1 aromatic heterocycles. The van der Waals surface area contributed by atoms with Crippen LogP contribution in [0.1, 0.15) is 58.9 Å². The van der Waals surface area contributed by atoms with Crippen LogP contribution >= 0.6 is 0 Å². The van der Waals surface area contributed by atoms with Gasteiger partial charge in [0.2, 0.25) is 0 Å². The van der Waals surface area contributed by atoms with Crippen molar-refractivity contribution >= 4 is 5.78 Å². The van der Waals surface area contributed by atoms with E-state index in [4.69, 9.17) is 0 Å². The molecule has 166 valence electrons. The molecule has 1 aromatic carbocycles. The largest absolute Gasteiger partial charge is 0.362 e. The van der Waals surface area contributed by atoms with Gasteiger partial charge in [0.25, 0.3) is 0 Å². The second-order valence-corrected chi connectivity index (χ2v) is 9.94. The Balaban J connectivity index is 1.71. The lowest BCUT2D eigenvalue weighted by Gasteiger charge is -2.47. The third kappa shape index (κ3) is 3.07. The van der Waals surface area contributed by atoms with Crippen molar-refractivity contribution < 1.29 is 4.79 Å². The number of ketones is 1. The Morgan fingerprint density at radius 1 is 1.19 bits per heavy atom. The highest BCUT2D eigenvalue weighted by Gasteiger charge is 2.52. The number of fused-ring (bicyclic) bond motifs is 1. The lowest BCUT2D eigenvalue weighted by atomic mass is 9.58. The van der Waals surface area contributed by atoms with Gasteiger partial charge in [-0.3, -0.25) is 9.48 Å². The first-order chi connectivity index (χ1) is 15.4. The number of hydrogen-bond acceptors (Lipinski definition) is 5. The van der Waals surface area contributed by atoms with Crippen LogP contribution in [0.3, 0.4) is 0 Å². The molecule has 0 saturated heterocycles. The second kappa shape index (κ2) is 7.54. The van der Waals surface area contributed by atoms with E-state index in [-0.39, 0.29) is 17.4 Å². The van der Waals surface area contributed by atoms with Gasteiger partial charge in [-0.15, -0.1) is 0 Å². The third-order valence-electron chi connectivity index (χ3n) is 7.11. The standard InChI is InChI=1S/C26H31N5O/c1-5-12-31-21(10-11-28-31)17-8-7-9-18(13-17)26(6-2)19-16-27-30-24(19)29-20-14-25(3,4)15-22(32)23(20)26/h7-11,13,16,24,29H,5-6,12,14-15H2,1-4H3/t24?,26-/m1/s1. The van der Waals surface area contributed by atoms with E-state index in [0.717, 1.165) is 59.5 Å². The summed E-state index contributed by atoms with van der Waals surface area (Å²) in [7, 11) is 0. The van der Waals surface area contributed by atoms with Gasteiger partial charge in [0.15, 0.2) is 11.9 Å². The number of rotatable bonds is 5. The Bertz CT molecular complexity index is 1170. The van der Waals surface area contributed by atoms with Crippen molar-refractivity contribution in [1.29, 1.82) is 0 Å². The molecule has 2 atom stereocenters. The van der Waals surface area contributed by atoms with E-state index in [1.807, 2.05) is 12.4 Å². The number of azo groups is 1. The molecule has 32 heavy (non-hydrogen) atoms. The van der Waals surface area contributed by atoms with E-state index in [1.54, 1.807) is 0 Å². The van der Waals surface area contributed by atoms with Gasteiger partial charge in [-0.2, -0.15) is 15.3 Å². The van der Waals surface area contributed by atoms with Gasteiger partial charge in [-0.05, 0) is 42.4 Å². The lowest BCUT2D eigenvalue weighted by Crippen LogP contribution is -2.51. The van der Waals surface area contributed by atoms with Crippen LogP contribution in [-0.4, -0.2) is 21.7 Å². The topological polar surface area (TPSA) is 71.6 Å². The average molecular weight is 430 g/mol. The van der Waals surface area contributed by atoms with Crippen LogP contribution in [0, 0.1) is 5.41 Å². The molecule has 0 bridgehead atoms. The van der Waals surface area contributed by atoms with E-state index >= 15 is 0 Å². The number of nitrogens with zero attached hydrogens (tertiary/aromatic N) is 4. The van der Waals surface area contributed by atoms with Gasteiger partial charge >= 0.3 is 0 Å². The molecule has 6 heteroatoms. The van der Waals surface area contributed by atoms with Gasteiger partial charge in [0.1, 0.15) is 0 Å². The fourth-order valence-electron chi connectivity index (χ4n) is 5.80. The van der Waals surface area contributed by atoms with Crippen LogP contribution in [0.2, 0.25) is 0 Å². The number of benzene rings is 1. The molecule has 1 N–H and O–H groups in total. The number of Topliss-reactive ketones (excluding diaryl/α,β-unsaturated/α-hetero) is 1. The summed E-state index contributed by atoms with van der Waals surface area (Å²) in [5, 5.41) is 16.8. The summed E-state index contributed by atoms with van der Waals surface area (Å²) in [5.74, 6) is 0.235. The minimum Gasteiger partial charge on any atom is -0.362 e. The first-order valence-corrected chi connectivity index (χ1v) is 11.7. The first-order valence-electron chi connectivity index (χ1n) is 11.7. The maximum atomic E-state index is 13.6. The van der Waals surface area contributed by atoms with Crippen molar-refractivity contribution in [2.45, 2.75) is 71.5 Å². The summed E-state index contributed by atoms with van der Waals surface area (Å²) < 4.78 is 2.06. The SMILES string of the molecule is CCCn1nccc1-c1cccc([C@]2(CC)C3=CN=NC3NC3=C2C(=O)CC(C)(C)C3)c1. The quantitative estimate of drug-likeness (QED) is 0.679. The molecule has 6 nitrogen and oxygen atoms in total. The van der Waals surface area contributed by atoms with Crippen molar-refractivity contribution in [2.24, 2.45) is 15.6 Å². The highest BCUT2D eigenvalue weighted by molar-refractivity contribution is 6.01. The number of aromatic nitrogens is 2. The molecule has 0 saturated carbocycles. The van der Waals surface area contributed by atoms with Crippen molar-refractivity contribution in [3.05, 3.63) is 65.1 Å². The molecular formula is C26H31N5O. The normalized spacial score (nSPS) is 25.9. The molecular weight excluding hydrogens is 398 g/mol. The number of allylic oxidation sites excluding steroid dienone is 2. The molecule has 0 radical (unpaired) electrons. The van der Waals surface area contributed by atoms with Crippen LogP contribution in [0.5, 0.6) is 0 Å². The van der Waals surface area contributed by atoms with E-state index < -0.39 is 5.41 Å². The highest BCUT2D eigenvalue weighted by Crippen LogP contribution is 2.53. The summed E-state index contributed by atoms with van der Waals surface area (Å²) in [6.07, 6.45) is 6.74. The fourth-order valence-corrected chi connectivity index (χ4v) is 5.80. The number of carbonyl (C=O) groups excluding carboxylic acids is 1. The van der Waals surface area contributed by atoms with Crippen molar-refractivity contribution in [1.82, 2.24) is 15.1 Å². The Morgan fingerprint density at radius 2 is 2.03 bits per heavy atom. The Kier molecular flexibility index (Phi) is 4.91. The molecule has 0 spiro atoms. The molecule has 0 amide bonds. The first kappa shape index (κ1) is 20.9. The Hall–Kier alpha value is -3.02. The van der Waals surface area contributed by atoms with Gasteiger partial charge < -0.3 is 5.32 Å². The minimum absolute atomic E-state index is 0.0616. The molecule has 5 rings (SSSR count). The summed E-state index contributed by atoms with van der Waals surface area (Å²) in [4.78, 5) is 13.6. The maximum Gasteiger partial charge on any atom is 0.164 e. The molecule has 1 unspecified atom stereocenters. The van der Waals surface area contributed by atoms with Crippen molar-refractivity contribution in [2.75, 3.05) is 0 Å². The zero-order valence-electron chi connectivity index (χ0n) is 19.4. The van der Waals surface area contributed by atoms with E-state index in [0.29, 0.717) is 6.42 Å². The molecule has 2 aliphatic heterocycles. The monoisotopic (exact) mass is 429 g/mol. The third-order valence-corrected chi connectivity index (χ3v) is 7.11. The van der Waals surface area contributed by atoms with Crippen LogP contribution < -0.4 is 5.32 Å². The molecule has 0 fully saturated rings. The Labute approximate surface area is 189 Å². The fraction of sp³-hybridized carbons (Fsp3) is 0.462. The van der Waals surface area contributed by atoms with Crippen LogP contribution in [0.15, 0.2) is 69.8 Å². The zero-order chi connectivity index (χ0) is 22.5. The maximum absolute atomic E-state index is 13.6.